The molecule has 0 aromatic heterocycles. The lowest BCUT2D eigenvalue weighted by molar-refractivity contribution is -0.359. The second-order valence-electron chi connectivity index (χ2n) is 21.8. The summed E-state index contributed by atoms with van der Waals surface area (Å²) in [5.41, 5.74) is 0. The van der Waals surface area contributed by atoms with Gasteiger partial charge in [-0.15, -0.1) is 0 Å². The van der Waals surface area contributed by atoms with Gasteiger partial charge < -0.3 is 65.1 Å². The van der Waals surface area contributed by atoms with Gasteiger partial charge in [0.15, 0.2) is 12.6 Å². The largest absolute Gasteiger partial charge is 0.394 e. The maximum absolute atomic E-state index is 13.2. The van der Waals surface area contributed by atoms with Crippen LogP contribution in [0.25, 0.3) is 0 Å². The summed E-state index contributed by atoms with van der Waals surface area (Å²) in [6.07, 6.45) is 68.5. The van der Waals surface area contributed by atoms with Gasteiger partial charge in [0.1, 0.15) is 48.8 Å². The maximum Gasteiger partial charge on any atom is 0.220 e. The average Bonchev–Trinajstić information content (AvgIpc) is 1.60. The van der Waals surface area contributed by atoms with Crippen LogP contribution in [-0.4, -0.2) is 140 Å². The van der Waals surface area contributed by atoms with Crippen molar-refractivity contribution < 1.29 is 64.6 Å². The molecule has 2 saturated heterocycles. The minimum Gasteiger partial charge on any atom is -0.394 e. The fourth-order valence-electron chi connectivity index (χ4n) is 9.22. The van der Waals surface area contributed by atoms with Crippen molar-refractivity contribution in [2.75, 3.05) is 19.8 Å². The lowest BCUT2D eigenvalue weighted by Crippen LogP contribution is -2.65. The smallest absolute Gasteiger partial charge is 0.220 e. The SMILES string of the molecule is CC/C=C\C/C=C\C/C=C\C/C=C\C/C=C\C/C=C\C/C=C\C/C=C\C/C=C\C/C=C\C/C=C\CCCCCCCCCC(=O)NC(COC1OC(CO)C(OC2OC(CO)C(O)C(O)C2O)C(O)C1O)C(O)/C=C/CC/C=C/CC/C=C/CCC. The fourth-order valence-corrected chi connectivity index (χ4v) is 9.22. The molecule has 0 aliphatic carbocycles. The molecular formula is C72H113NO13. The minimum atomic E-state index is -1.80. The number of aliphatic hydroxyl groups is 8. The summed E-state index contributed by atoms with van der Waals surface area (Å²) in [5.74, 6) is -0.275. The van der Waals surface area contributed by atoms with Crippen LogP contribution in [0.15, 0.2) is 170 Å². The molecule has 2 fully saturated rings. The molecule has 0 aromatic rings. The summed E-state index contributed by atoms with van der Waals surface area (Å²) in [6, 6.07) is -0.955. The van der Waals surface area contributed by atoms with Crippen LogP contribution in [0.5, 0.6) is 0 Å². The Kier molecular flexibility index (Phi) is 49.1. The van der Waals surface area contributed by atoms with E-state index in [2.05, 4.69) is 177 Å². The third kappa shape index (κ3) is 38.6. The van der Waals surface area contributed by atoms with Gasteiger partial charge in [-0.1, -0.05) is 223 Å². The first-order chi connectivity index (χ1) is 42.1. The summed E-state index contributed by atoms with van der Waals surface area (Å²) >= 11 is 0. The molecule has 2 aliphatic heterocycles. The van der Waals surface area contributed by atoms with E-state index in [1.54, 1.807) is 6.08 Å². The highest BCUT2D eigenvalue weighted by Gasteiger charge is 2.51. The van der Waals surface area contributed by atoms with Crippen LogP contribution in [0.4, 0.5) is 0 Å². The van der Waals surface area contributed by atoms with Gasteiger partial charge in [0.05, 0.1) is 32.0 Å². The molecule has 0 radical (unpaired) electrons. The van der Waals surface area contributed by atoms with E-state index in [0.29, 0.717) is 12.8 Å². The zero-order valence-corrected chi connectivity index (χ0v) is 52.2. The number of carbonyl (C=O) groups is 1. The number of allylic oxidation sites excluding steroid dienone is 27. The number of ether oxygens (including phenoxy) is 4. The van der Waals surface area contributed by atoms with Crippen molar-refractivity contribution in [1.82, 2.24) is 5.32 Å². The van der Waals surface area contributed by atoms with Crippen LogP contribution in [-0.2, 0) is 23.7 Å². The van der Waals surface area contributed by atoms with E-state index in [1.165, 1.54) is 0 Å². The summed E-state index contributed by atoms with van der Waals surface area (Å²) in [7, 11) is 0. The molecule has 0 bridgehead atoms. The zero-order valence-electron chi connectivity index (χ0n) is 52.2. The quantitative estimate of drug-likeness (QED) is 0.0204. The van der Waals surface area contributed by atoms with Gasteiger partial charge in [-0.3, -0.25) is 4.79 Å². The summed E-state index contributed by atoms with van der Waals surface area (Å²) in [5, 5.41) is 86.9. The summed E-state index contributed by atoms with van der Waals surface area (Å²) in [4.78, 5) is 13.2. The van der Waals surface area contributed by atoms with Crippen LogP contribution >= 0.6 is 0 Å². The molecule has 14 heteroatoms. The van der Waals surface area contributed by atoms with Gasteiger partial charge in [0.2, 0.25) is 5.91 Å². The van der Waals surface area contributed by atoms with E-state index in [4.69, 9.17) is 18.9 Å². The van der Waals surface area contributed by atoms with Crippen molar-refractivity contribution in [3.05, 3.63) is 170 Å². The molecule has 12 atom stereocenters. The monoisotopic (exact) mass is 1200 g/mol. The zero-order chi connectivity index (χ0) is 62.3. The van der Waals surface area contributed by atoms with E-state index in [0.717, 1.165) is 148 Å². The highest BCUT2D eigenvalue weighted by atomic mass is 16.7. The Labute approximate surface area is 518 Å². The molecule has 484 valence electrons. The first-order valence-corrected chi connectivity index (χ1v) is 32.4. The first kappa shape index (κ1) is 77.4. The van der Waals surface area contributed by atoms with E-state index < -0.39 is 86.8 Å². The molecule has 2 aliphatic rings. The van der Waals surface area contributed by atoms with E-state index in [9.17, 15) is 45.6 Å². The number of hydrogen-bond acceptors (Lipinski definition) is 13. The number of nitrogens with one attached hydrogen (secondary N) is 1. The molecule has 12 unspecified atom stereocenters. The maximum atomic E-state index is 13.2. The molecule has 2 rings (SSSR count). The second kappa shape index (κ2) is 54.5. The van der Waals surface area contributed by atoms with Crippen molar-refractivity contribution in [3.63, 3.8) is 0 Å². The molecule has 0 aromatic carbocycles. The van der Waals surface area contributed by atoms with E-state index >= 15 is 0 Å². The van der Waals surface area contributed by atoms with Crippen molar-refractivity contribution >= 4 is 5.91 Å². The summed E-state index contributed by atoms with van der Waals surface area (Å²) in [6.45, 7) is 2.53. The Bertz CT molecular complexity index is 2100. The Morgan fingerprint density at radius 1 is 0.430 bits per heavy atom. The van der Waals surface area contributed by atoms with Gasteiger partial charge in [-0.2, -0.15) is 0 Å². The number of hydrogen-bond donors (Lipinski definition) is 9. The third-order valence-corrected chi connectivity index (χ3v) is 14.3. The Morgan fingerprint density at radius 2 is 0.814 bits per heavy atom. The second-order valence-corrected chi connectivity index (χ2v) is 21.8. The minimum absolute atomic E-state index is 0.245. The summed E-state index contributed by atoms with van der Waals surface area (Å²) < 4.78 is 22.7. The topological polar surface area (TPSA) is 228 Å². The highest BCUT2D eigenvalue weighted by Crippen LogP contribution is 2.30. The predicted molar refractivity (Wildman–Crippen MR) is 350 cm³/mol. The molecule has 9 N–H and O–H groups in total. The van der Waals surface area contributed by atoms with Crippen molar-refractivity contribution in [2.24, 2.45) is 0 Å². The van der Waals surface area contributed by atoms with Gasteiger partial charge in [-0.25, -0.2) is 0 Å². The average molecular weight is 1200 g/mol. The van der Waals surface area contributed by atoms with Gasteiger partial charge in [-0.05, 0) is 122 Å². The molecule has 0 spiro atoms. The number of aliphatic hydroxyl groups excluding tert-OH is 8. The fraction of sp³-hybridized carbons (Fsp3) is 0.597. The Hall–Kier alpha value is -4.65. The number of rotatable bonds is 49. The highest BCUT2D eigenvalue weighted by molar-refractivity contribution is 5.76. The van der Waals surface area contributed by atoms with Crippen molar-refractivity contribution in [3.8, 4) is 0 Å². The van der Waals surface area contributed by atoms with Crippen molar-refractivity contribution in [1.29, 1.82) is 0 Å². The number of carbonyl (C=O) groups excluding carboxylic acids is 1. The van der Waals surface area contributed by atoms with Gasteiger partial charge in [0.25, 0.3) is 0 Å². The van der Waals surface area contributed by atoms with Crippen LogP contribution in [0, 0.1) is 0 Å². The van der Waals surface area contributed by atoms with Crippen LogP contribution in [0.2, 0.25) is 0 Å². The predicted octanol–water partition coefficient (Wildman–Crippen LogP) is 12.4. The molecule has 14 nitrogen and oxygen atoms in total. The number of unbranched alkanes of at least 4 members (excludes halogenated alkanes) is 10. The lowest BCUT2D eigenvalue weighted by atomic mass is 9.97. The van der Waals surface area contributed by atoms with E-state index in [-0.39, 0.29) is 18.9 Å². The normalized spacial score (nSPS) is 24.6. The molecule has 1 amide bonds. The third-order valence-electron chi connectivity index (χ3n) is 14.3. The molecular weight excluding hydrogens is 1090 g/mol. The van der Waals surface area contributed by atoms with Gasteiger partial charge in [0, 0.05) is 6.42 Å². The molecule has 86 heavy (non-hydrogen) atoms. The van der Waals surface area contributed by atoms with Crippen LogP contribution in [0.3, 0.4) is 0 Å². The van der Waals surface area contributed by atoms with Crippen LogP contribution < -0.4 is 5.32 Å². The van der Waals surface area contributed by atoms with E-state index in [1.807, 2.05) is 6.08 Å². The number of amides is 1. The lowest BCUT2D eigenvalue weighted by Gasteiger charge is -2.46. The van der Waals surface area contributed by atoms with Crippen molar-refractivity contribution in [2.45, 2.75) is 254 Å². The Morgan fingerprint density at radius 3 is 1.27 bits per heavy atom. The Balaban J connectivity index is 1.62. The molecule has 0 saturated carbocycles. The molecule has 2 heterocycles. The van der Waals surface area contributed by atoms with Gasteiger partial charge >= 0.3 is 0 Å². The standard InChI is InChI=1S/C72H113NO13/c1-3-5-7-9-11-13-15-16-17-18-19-20-21-22-23-24-25-26-27-28-29-30-31-32-33-34-35-36-37-38-39-40-41-42-43-44-46-48-50-52-54-56-64(77)73-60(61(76)55-53-51-49-47-45-14-12-10-8-6-4-2)59-83-71-69(82)67(80)70(63(58-75)85-71)86-72-68(81)66(79)65(78)62(57-74)84-72/h5,7-8,10-11,13,16-17,19-20,22-23,25-26,28-29,31-32,34-35,37-38,40-41,45,47,53,55,60-63,65-72,74-76,78-82H,3-4,6,9,12,14-15,18,21,24,27,30,33,36,39,42-44,46,48-52,54,56-59H2,1-2H3,(H,73,77)/b7-5-,10-8+,13-11-,17-16-,20-19-,23-22-,26-25-,29-28-,32-31-,35-34-,38-37-,41-40-,47-45+,55-53+. The first-order valence-electron chi connectivity index (χ1n) is 32.4. The van der Waals surface area contributed by atoms with Crippen LogP contribution in [0.1, 0.15) is 181 Å².